The van der Waals surface area contributed by atoms with Crippen molar-refractivity contribution in [2.75, 3.05) is 11.5 Å². The number of hydrogen-bond acceptors (Lipinski definition) is 3. The quantitative estimate of drug-likeness (QED) is 0.817. The van der Waals surface area contributed by atoms with E-state index in [0.717, 1.165) is 16.6 Å². The molecule has 2 heterocycles. The van der Waals surface area contributed by atoms with Gasteiger partial charge < -0.3 is 9.55 Å². The summed E-state index contributed by atoms with van der Waals surface area (Å²) in [4.78, 5) is 3.16. The summed E-state index contributed by atoms with van der Waals surface area (Å²) in [7, 11) is -2.90. The molecule has 3 rings (SSSR count). The molecule has 0 radical (unpaired) electrons. The molecule has 1 fully saturated rings. The average Bonchev–Trinajstić information content (AvgIpc) is 2.77. The van der Waals surface area contributed by atoms with Crippen LogP contribution in [0.1, 0.15) is 18.0 Å². The number of fused-ring (bicyclic) bond motifs is 1. The Balaban J connectivity index is 2.18. The van der Waals surface area contributed by atoms with E-state index in [1.54, 1.807) is 0 Å². The summed E-state index contributed by atoms with van der Waals surface area (Å²) in [5.74, 6) is 0.458. The van der Waals surface area contributed by atoms with E-state index < -0.39 is 9.84 Å². The number of sulfone groups is 1. The fourth-order valence-corrected chi connectivity index (χ4v) is 4.64. The molecule has 0 spiro atoms. The Bertz CT molecular complexity index is 771. The third-order valence-corrected chi connectivity index (χ3v) is 5.49. The van der Waals surface area contributed by atoms with Gasteiger partial charge in [0.2, 0.25) is 0 Å². The highest BCUT2D eigenvalue weighted by Crippen LogP contribution is 2.28. The zero-order valence-corrected chi connectivity index (χ0v) is 11.6. The highest BCUT2D eigenvalue weighted by Gasteiger charge is 2.30. The van der Waals surface area contributed by atoms with Gasteiger partial charge in [0.05, 0.1) is 28.6 Å². The van der Waals surface area contributed by atoms with Crippen LogP contribution < -0.4 is 0 Å². The number of rotatable bonds is 1. The monoisotopic (exact) mass is 282 g/mol. The lowest BCUT2D eigenvalue weighted by atomic mass is 10.2. The number of hydrogen-bond donors (Lipinski definition) is 1. The van der Waals surface area contributed by atoms with Crippen LogP contribution in [0.25, 0.3) is 11.0 Å². The summed E-state index contributed by atoms with van der Waals surface area (Å²) in [5, 5.41) is 0. The summed E-state index contributed by atoms with van der Waals surface area (Å²) >= 11 is 5.32. The highest BCUT2D eigenvalue weighted by molar-refractivity contribution is 7.91. The first kappa shape index (κ1) is 11.9. The number of imidazole rings is 1. The highest BCUT2D eigenvalue weighted by atomic mass is 32.2. The van der Waals surface area contributed by atoms with Gasteiger partial charge in [-0.2, -0.15) is 0 Å². The molecule has 1 unspecified atom stereocenters. The van der Waals surface area contributed by atoms with Gasteiger partial charge in [-0.3, -0.25) is 0 Å². The van der Waals surface area contributed by atoms with E-state index in [9.17, 15) is 8.42 Å². The lowest BCUT2D eigenvalue weighted by Crippen LogP contribution is -2.10. The van der Waals surface area contributed by atoms with Gasteiger partial charge in [0, 0.05) is 0 Å². The smallest absolute Gasteiger partial charge is 0.178 e. The second-order valence-electron chi connectivity index (χ2n) is 4.88. The zero-order chi connectivity index (χ0) is 12.9. The number of nitrogens with zero attached hydrogens (tertiary/aromatic N) is 1. The van der Waals surface area contributed by atoms with Crippen molar-refractivity contribution in [2.45, 2.75) is 19.4 Å². The molecule has 0 saturated carbocycles. The van der Waals surface area contributed by atoms with Crippen LogP contribution in [-0.2, 0) is 9.84 Å². The standard InChI is InChI=1S/C12H14N2O2S2/c1-8-2-3-11-10(6-8)13-12(17)14(11)9-4-5-18(15,16)7-9/h2-3,6,9H,4-5,7H2,1H3,(H,13,17). The average molecular weight is 282 g/mol. The summed E-state index contributed by atoms with van der Waals surface area (Å²) in [6, 6.07) is 6.02. The van der Waals surface area contributed by atoms with Crippen molar-refractivity contribution in [3.05, 3.63) is 28.5 Å². The molecule has 0 bridgehead atoms. The first-order valence-corrected chi connectivity index (χ1v) is 8.10. The Morgan fingerprint density at radius 3 is 2.89 bits per heavy atom. The Hall–Kier alpha value is -1.14. The van der Waals surface area contributed by atoms with Crippen molar-refractivity contribution in [3.63, 3.8) is 0 Å². The van der Waals surface area contributed by atoms with Gasteiger partial charge in [-0.05, 0) is 43.3 Å². The molecule has 0 amide bonds. The first-order chi connectivity index (χ1) is 8.46. The van der Waals surface area contributed by atoms with E-state index in [4.69, 9.17) is 12.2 Å². The van der Waals surface area contributed by atoms with Crippen LogP contribution in [-0.4, -0.2) is 29.5 Å². The van der Waals surface area contributed by atoms with Crippen LogP contribution in [0.5, 0.6) is 0 Å². The topological polar surface area (TPSA) is 54.9 Å². The van der Waals surface area contributed by atoms with Crippen molar-refractivity contribution in [2.24, 2.45) is 0 Å². The van der Waals surface area contributed by atoms with E-state index >= 15 is 0 Å². The summed E-state index contributed by atoms with van der Waals surface area (Å²) in [6.07, 6.45) is 0.650. The fourth-order valence-electron chi connectivity index (χ4n) is 2.59. The van der Waals surface area contributed by atoms with E-state index in [0.29, 0.717) is 11.2 Å². The summed E-state index contributed by atoms with van der Waals surface area (Å²) in [5.41, 5.74) is 3.13. The minimum atomic E-state index is -2.90. The van der Waals surface area contributed by atoms with Crippen molar-refractivity contribution >= 4 is 33.1 Å². The molecule has 6 heteroatoms. The van der Waals surface area contributed by atoms with Crippen LogP contribution >= 0.6 is 12.2 Å². The Morgan fingerprint density at radius 2 is 2.22 bits per heavy atom. The van der Waals surface area contributed by atoms with Crippen LogP contribution in [0, 0.1) is 11.7 Å². The van der Waals surface area contributed by atoms with Gasteiger partial charge in [0.15, 0.2) is 14.6 Å². The van der Waals surface area contributed by atoms with Gasteiger partial charge in [0.1, 0.15) is 0 Å². The molecular formula is C12H14N2O2S2. The van der Waals surface area contributed by atoms with E-state index in [2.05, 4.69) is 4.98 Å². The minimum absolute atomic E-state index is 0.0287. The van der Waals surface area contributed by atoms with Crippen LogP contribution in [0.2, 0.25) is 0 Å². The number of nitrogens with one attached hydrogen (secondary N) is 1. The molecule has 1 aromatic carbocycles. The fraction of sp³-hybridized carbons (Fsp3) is 0.417. The third-order valence-electron chi connectivity index (χ3n) is 3.45. The van der Waals surface area contributed by atoms with Crippen molar-refractivity contribution < 1.29 is 8.42 Å². The van der Waals surface area contributed by atoms with Gasteiger partial charge >= 0.3 is 0 Å². The van der Waals surface area contributed by atoms with Gasteiger partial charge in [-0.25, -0.2) is 8.42 Å². The Kier molecular flexibility index (Phi) is 2.60. The normalized spacial score (nSPS) is 22.6. The largest absolute Gasteiger partial charge is 0.331 e. The predicted octanol–water partition coefficient (Wildman–Crippen LogP) is 2.37. The van der Waals surface area contributed by atoms with Gasteiger partial charge in [0.25, 0.3) is 0 Å². The van der Waals surface area contributed by atoms with Crippen molar-refractivity contribution in [1.29, 1.82) is 0 Å². The van der Waals surface area contributed by atoms with E-state index in [-0.39, 0.29) is 17.5 Å². The van der Waals surface area contributed by atoms with Crippen LogP contribution in [0.3, 0.4) is 0 Å². The maximum absolute atomic E-state index is 11.6. The molecule has 96 valence electrons. The lowest BCUT2D eigenvalue weighted by Gasteiger charge is -2.11. The molecule has 2 aromatic rings. The molecule has 18 heavy (non-hydrogen) atoms. The second kappa shape index (κ2) is 3.93. The summed E-state index contributed by atoms with van der Waals surface area (Å²) < 4.78 is 25.7. The predicted molar refractivity (Wildman–Crippen MR) is 74.2 cm³/mol. The molecule has 1 aliphatic heterocycles. The second-order valence-corrected chi connectivity index (χ2v) is 7.49. The molecular weight excluding hydrogens is 268 g/mol. The molecule has 0 aliphatic carbocycles. The summed E-state index contributed by atoms with van der Waals surface area (Å²) in [6.45, 7) is 2.02. The number of H-pyrrole nitrogens is 1. The Morgan fingerprint density at radius 1 is 1.44 bits per heavy atom. The molecule has 1 saturated heterocycles. The number of aromatic nitrogens is 2. The molecule has 4 nitrogen and oxygen atoms in total. The molecule has 1 N–H and O–H groups in total. The zero-order valence-electron chi connectivity index (χ0n) is 10.0. The number of aryl methyl sites for hydroxylation is 1. The van der Waals surface area contributed by atoms with Crippen molar-refractivity contribution in [3.8, 4) is 0 Å². The van der Waals surface area contributed by atoms with E-state index in [1.165, 1.54) is 0 Å². The molecule has 1 aromatic heterocycles. The van der Waals surface area contributed by atoms with E-state index in [1.807, 2.05) is 29.7 Å². The van der Waals surface area contributed by atoms with Crippen LogP contribution in [0.4, 0.5) is 0 Å². The SMILES string of the molecule is Cc1ccc2c(c1)[nH]c(=S)n2C1CCS(=O)(=O)C1. The molecule has 1 atom stereocenters. The van der Waals surface area contributed by atoms with Crippen molar-refractivity contribution in [1.82, 2.24) is 9.55 Å². The number of benzene rings is 1. The maximum Gasteiger partial charge on any atom is 0.178 e. The Labute approximate surface area is 111 Å². The lowest BCUT2D eigenvalue weighted by molar-refractivity contribution is 0.563. The molecule has 1 aliphatic rings. The minimum Gasteiger partial charge on any atom is -0.331 e. The number of aromatic amines is 1. The van der Waals surface area contributed by atoms with Crippen LogP contribution in [0.15, 0.2) is 18.2 Å². The first-order valence-electron chi connectivity index (χ1n) is 5.87. The van der Waals surface area contributed by atoms with Gasteiger partial charge in [-0.1, -0.05) is 6.07 Å². The maximum atomic E-state index is 11.6. The third kappa shape index (κ3) is 1.89. The van der Waals surface area contributed by atoms with Gasteiger partial charge in [-0.15, -0.1) is 0 Å².